The van der Waals surface area contributed by atoms with Crippen molar-refractivity contribution in [2.75, 3.05) is 13.2 Å². The fourth-order valence-electron chi connectivity index (χ4n) is 3.21. The van der Waals surface area contributed by atoms with Gasteiger partial charge in [-0.3, -0.25) is 4.98 Å². The molecule has 1 atom stereocenters. The predicted octanol–water partition coefficient (Wildman–Crippen LogP) is 3.41. The smallest absolute Gasteiger partial charge is 0.153 e. The zero-order valence-corrected chi connectivity index (χ0v) is 17.6. The Labute approximate surface area is 179 Å². The van der Waals surface area contributed by atoms with Gasteiger partial charge in [0.25, 0.3) is 0 Å². The minimum atomic E-state index is -0.315. The molecule has 1 aromatic carbocycles. The van der Waals surface area contributed by atoms with Crippen molar-refractivity contribution in [1.82, 2.24) is 19.6 Å². The van der Waals surface area contributed by atoms with E-state index in [4.69, 9.17) is 9.94 Å². The summed E-state index contributed by atoms with van der Waals surface area (Å²) in [6.07, 6.45) is 3.35. The van der Waals surface area contributed by atoms with E-state index in [1.54, 1.807) is 29.9 Å². The lowest BCUT2D eigenvalue weighted by molar-refractivity contribution is 0.0986. The molecular formula is C21H22FN5O2S. The van der Waals surface area contributed by atoms with Crippen LogP contribution in [0.2, 0.25) is 0 Å². The molecule has 0 saturated carbocycles. The Morgan fingerprint density at radius 1 is 1.27 bits per heavy atom. The number of nitrogens with zero attached hydrogens (tertiary/aromatic N) is 5. The van der Waals surface area contributed by atoms with Crippen LogP contribution >= 0.6 is 13.5 Å². The number of aliphatic hydroxyl groups excluding tert-OH is 1. The number of rotatable bonds is 6. The third-order valence-corrected chi connectivity index (χ3v) is 4.78. The maximum absolute atomic E-state index is 14.8. The summed E-state index contributed by atoms with van der Waals surface area (Å²) in [5.41, 5.74) is 3.75. The summed E-state index contributed by atoms with van der Waals surface area (Å²) in [6.45, 7) is 3.69. The fraction of sp³-hybridized carbons (Fsp3) is 0.238. The molecule has 0 radical (unpaired) electrons. The highest BCUT2D eigenvalue weighted by Gasteiger charge is 2.19. The van der Waals surface area contributed by atoms with Gasteiger partial charge in [-0.1, -0.05) is 18.1 Å². The highest BCUT2D eigenvalue weighted by molar-refractivity contribution is 7.59. The number of aliphatic hydroxyl groups is 1. The van der Waals surface area contributed by atoms with Crippen molar-refractivity contribution in [3.8, 4) is 0 Å². The van der Waals surface area contributed by atoms with Gasteiger partial charge in [0.1, 0.15) is 23.8 Å². The van der Waals surface area contributed by atoms with E-state index < -0.39 is 0 Å². The highest BCUT2D eigenvalue weighted by atomic mass is 32.1. The summed E-state index contributed by atoms with van der Waals surface area (Å²) in [6, 6.07) is 10.6. The predicted molar refractivity (Wildman–Crippen MR) is 118 cm³/mol. The van der Waals surface area contributed by atoms with Crippen LogP contribution in [0.15, 0.2) is 53.9 Å². The molecule has 0 aliphatic carbocycles. The molecule has 0 spiro atoms. The summed E-state index contributed by atoms with van der Waals surface area (Å²) in [5, 5.41) is 18.2. The van der Waals surface area contributed by atoms with Gasteiger partial charge >= 0.3 is 0 Å². The molecule has 0 aliphatic heterocycles. The normalized spacial score (nSPS) is 12.7. The number of imidazole rings is 1. The summed E-state index contributed by atoms with van der Waals surface area (Å²) in [5.74, 6) is -0.592. The van der Waals surface area contributed by atoms with Gasteiger partial charge in [0.15, 0.2) is 5.65 Å². The van der Waals surface area contributed by atoms with Crippen molar-refractivity contribution in [3.05, 3.63) is 71.6 Å². The topological polar surface area (TPSA) is 84.9 Å². The number of halogens is 1. The van der Waals surface area contributed by atoms with Gasteiger partial charge in [0.2, 0.25) is 0 Å². The number of pyridine rings is 1. The molecule has 4 rings (SSSR count). The molecule has 4 aromatic rings. The number of fused-ring (bicyclic) bond motifs is 2. The number of hydrogen-bond donors (Lipinski definition) is 1. The standard InChI is InChI=1S/C21H20FN5O2.H2S/c1-13(16-10-15-4-3-7-23-19(15)11-17(16)22)20-12-24-21-6-5-18(25-27(20)21)14(2)26-29-9-8-28;/h3-7,10-13,28H,8-9H2,1-2H3;1H2/b26-14+;/t13-;/m0./s1. The first-order chi connectivity index (χ1) is 14.1. The van der Waals surface area contributed by atoms with E-state index in [0.717, 1.165) is 11.1 Å². The van der Waals surface area contributed by atoms with Gasteiger partial charge in [-0.15, -0.1) is 0 Å². The van der Waals surface area contributed by atoms with Crippen molar-refractivity contribution < 1.29 is 14.3 Å². The van der Waals surface area contributed by atoms with Gasteiger partial charge < -0.3 is 9.94 Å². The number of aromatic nitrogens is 4. The van der Waals surface area contributed by atoms with E-state index in [2.05, 4.69) is 20.2 Å². The Morgan fingerprint density at radius 2 is 2.10 bits per heavy atom. The molecular weight excluding hydrogens is 405 g/mol. The molecule has 1 N–H and O–H groups in total. The SMILES string of the molecule is C/C(=N\OCCO)c1ccc2ncc([C@@H](C)c3cc4cccnc4cc3F)n2n1.S. The largest absolute Gasteiger partial charge is 0.393 e. The Hall–Kier alpha value is -3.04. The second-order valence-electron chi connectivity index (χ2n) is 6.70. The van der Waals surface area contributed by atoms with Crippen molar-refractivity contribution >= 4 is 35.8 Å². The van der Waals surface area contributed by atoms with Crippen molar-refractivity contribution in [1.29, 1.82) is 0 Å². The van der Waals surface area contributed by atoms with Crippen molar-refractivity contribution in [2.24, 2.45) is 5.16 Å². The van der Waals surface area contributed by atoms with Gasteiger partial charge in [-0.05, 0) is 36.8 Å². The Balaban J connectivity index is 0.00000256. The van der Waals surface area contributed by atoms with Crippen LogP contribution in [0.25, 0.3) is 16.6 Å². The van der Waals surface area contributed by atoms with Crippen LogP contribution in [0.5, 0.6) is 0 Å². The fourth-order valence-corrected chi connectivity index (χ4v) is 3.21. The first-order valence-electron chi connectivity index (χ1n) is 9.25. The summed E-state index contributed by atoms with van der Waals surface area (Å²) in [4.78, 5) is 13.6. The van der Waals surface area contributed by atoms with E-state index >= 15 is 0 Å². The van der Waals surface area contributed by atoms with Crippen LogP contribution in [-0.2, 0) is 4.84 Å². The second kappa shape index (κ2) is 9.19. The molecule has 0 fully saturated rings. The molecule has 9 heteroatoms. The van der Waals surface area contributed by atoms with Crippen LogP contribution < -0.4 is 0 Å². The minimum Gasteiger partial charge on any atom is -0.393 e. The molecule has 0 amide bonds. The van der Waals surface area contributed by atoms with Crippen LogP contribution in [0, 0.1) is 5.82 Å². The van der Waals surface area contributed by atoms with Gasteiger partial charge in [0.05, 0.1) is 24.0 Å². The van der Waals surface area contributed by atoms with E-state index in [-0.39, 0.29) is 38.4 Å². The summed E-state index contributed by atoms with van der Waals surface area (Å²) in [7, 11) is 0. The molecule has 3 aromatic heterocycles. The first-order valence-corrected chi connectivity index (χ1v) is 9.25. The summed E-state index contributed by atoms with van der Waals surface area (Å²) >= 11 is 0. The second-order valence-corrected chi connectivity index (χ2v) is 6.70. The third kappa shape index (κ3) is 4.12. The number of hydrogen-bond acceptors (Lipinski definition) is 6. The Bertz CT molecular complexity index is 1210. The van der Waals surface area contributed by atoms with E-state index in [1.165, 1.54) is 6.07 Å². The molecule has 7 nitrogen and oxygen atoms in total. The van der Waals surface area contributed by atoms with Gasteiger partial charge in [0, 0.05) is 23.6 Å². The Morgan fingerprint density at radius 3 is 2.90 bits per heavy atom. The van der Waals surface area contributed by atoms with Gasteiger partial charge in [-0.2, -0.15) is 18.6 Å². The lowest BCUT2D eigenvalue weighted by Crippen LogP contribution is -2.09. The van der Waals surface area contributed by atoms with Crippen molar-refractivity contribution in [2.45, 2.75) is 19.8 Å². The molecule has 3 heterocycles. The van der Waals surface area contributed by atoms with Crippen LogP contribution in [-0.4, -0.2) is 43.6 Å². The molecule has 0 unspecified atom stereocenters. The minimum absolute atomic E-state index is 0. The lowest BCUT2D eigenvalue weighted by atomic mass is 9.96. The average Bonchev–Trinajstić information content (AvgIpc) is 3.16. The van der Waals surface area contributed by atoms with Crippen molar-refractivity contribution in [3.63, 3.8) is 0 Å². The maximum Gasteiger partial charge on any atom is 0.153 e. The summed E-state index contributed by atoms with van der Waals surface area (Å²) < 4.78 is 16.5. The molecule has 0 aliphatic rings. The van der Waals surface area contributed by atoms with Crippen LogP contribution in [0.3, 0.4) is 0 Å². The zero-order chi connectivity index (χ0) is 20.4. The van der Waals surface area contributed by atoms with E-state index in [9.17, 15) is 4.39 Å². The van der Waals surface area contributed by atoms with Gasteiger partial charge in [-0.25, -0.2) is 13.9 Å². The molecule has 0 saturated heterocycles. The van der Waals surface area contributed by atoms with Crippen LogP contribution in [0.1, 0.15) is 36.7 Å². The lowest BCUT2D eigenvalue weighted by Gasteiger charge is -2.14. The zero-order valence-electron chi connectivity index (χ0n) is 16.6. The third-order valence-electron chi connectivity index (χ3n) is 4.78. The van der Waals surface area contributed by atoms with E-state index in [0.29, 0.717) is 28.1 Å². The molecule has 156 valence electrons. The molecule has 30 heavy (non-hydrogen) atoms. The first kappa shape index (κ1) is 21.7. The highest BCUT2D eigenvalue weighted by Crippen LogP contribution is 2.29. The number of oxime groups is 1. The van der Waals surface area contributed by atoms with Crippen LogP contribution in [0.4, 0.5) is 4.39 Å². The molecule has 0 bridgehead atoms. The average molecular weight is 428 g/mol. The Kier molecular flexibility index (Phi) is 6.63. The number of benzene rings is 1. The monoisotopic (exact) mass is 427 g/mol. The maximum atomic E-state index is 14.8. The van der Waals surface area contributed by atoms with E-state index in [1.807, 2.05) is 31.2 Å². The quantitative estimate of drug-likeness (QED) is 0.290.